The molecule has 0 aliphatic carbocycles. The summed E-state index contributed by atoms with van der Waals surface area (Å²) in [6.07, 6.45) is 3.29. The molecule has 2 N–H and O–H groups in total. The van der Waals surface area contributed by atoms with Gasteiger partial charge in [-0.15, -0.1) is 12.4 Å². The number of hydrogen-bond acceptors (Lipinski definition) is 2. The van der Waals surface area contributed by atoms with Crippen LogP contribution in [-0.4, -0.2) is 29.9 Å². The molecule has 0 saturated carbocycles. The van der Waals surface area contributed by atoms with E-state index in [9.17, 15) is 4.79 Å². The molecule has 0 bridgehead atoms. The van der Waals surface area contributed by atoms with Gasteiger partial charge in [0, 0.05) is 13.1 Å². The number of nitrogens with zero attached hydrogens (tertiary/aromatic N) is 1. The van der Waals surface area contributed by atoms with Crippen LogP contribution in [0.3, 0.4) is 0 Å². The number of hydrogen-bond donors (Lipinski definition) is 1. The Morgan fingerprint density at radius 3 is 2.56 bits per heavy atom. The molecule has 0 aromatic rings. The minimum absolute atomic E-state index is 0. The third kappa shape index (κ3) is 3.63. The zero-order valence-electron chi connectivity index (χ0n) is 10.6. The largest absolute Gasteiger partial charge is 0.341 e. The molecule has 1 rings (SSSR count). The van der Waals surface area contributed by atoms with Gasteiger partial charge in [0.15, 0.2) is 0 Å². The smallest absolute Gasteiger partial charge is 0.239 e. The average molecular weight is 249 g/mol. The van der Waals surface area contributed by atoms with Gasteiger partial charge in [0.05, 0.1) is 6.04 Å². The summed E-state index contributed by atoms with van der Waals surface area (Å²) in [7, 11) is 0. The molecule has 3 nitrogen and oxygen atoms in total. The Hall–Kier alpha value is -0.280. The lowest BCUT2D eigenvalue weighted by Gasteiger charge is -2.24. The van der Waals surface area contributed by atoms with Crippen LogP contribution in [0.1, 0.15) is 40.0 Å². The first-order valence-electron chi connectivity index (χ1n) is 6.14. The average Bonchev–Trinajstić information content (AvgIpc) is 2.74. The van der Waals surface area contributed by atoms with E-state index in [0.717, 1.165) is 25.9 Å². The Morgan fingerprint density at radius 2 is 2.12 bits per heavy atom. The van der Waals surface area contributed by atoms with E-state index in [4.69, 9.17) is 5.73 Å². The highest BCUT2D eigenvalue weighted by atomic mass is 35.5. The summed E-state index contributed by atoms with van der Waals surface area (Å²) in [5, 5.41) is 0. The summed E-state index contributed by atoms with van der Waals surface area (Å²) >= 11 is 0. The Bertz CT molecular complexity index is 223. The molecule has 16 heavy (non-hydrogen) atoms. The van der Waals surface area contributed by atoms with Crippen LogP contribution in [0.4, 0.5) is 0 Å². The van der Waals surface area contributed by atoms with E-state index in [2.05, 4.69) is 20.8 Å². The van der Waals surface area contributed by atoms with Gasteiger partial charge in [0.2, 0.25) is 5.91 Å². The summed E-state index contributed by atoms with van der Waals surface area (Å²) in [4.78, 5) is 14.0. The van der Waals surface area contributed by atoms with E-state index in [-0.39, 0.29) is 30.3 Å². The number of likely N-dealkylation sites (tertiary alicyclic amines) is 1. The molecule has 3 unspecified atom stereocenters. The van der Waals surface area contributed by atoms with Gasteiger partial charge in [-0.1, -0.05) is 33.6 Å². The number of carbonyl (C=O) groups excluding carboxylic acids is 1. The van der Waals surface area contributed by atoms with Crippen molar-refractivity contribution < 1.29 is 4.79 Å². The zero-order valence-corrected chi connectivity index (χ0v) is 11.4. The van der Waals surface area contributed by atoms with E-state index in [1.807, 2.05) is 4.90 Å². The van der Waals surface area contributed by atoms with Gasteiger partial charge in [0.25, 0.3) is 0 Å². The first-order chi connectivity index (χ1) is 7.10. The van der Waals surface area contributed by atoms with E-state index >= 15 is 0 Å². The maximum atomic E-state index is 12.0. The predicted molar refractivity (Wildman–Crippen MR) is 69.7 cm³/mol. The standard InChI is InChI=1S/C12H24N2O.ClH/c1-4-9(3)11(13)12(15)14-7-6-10(5-2)8-14;/h9-11H,4-8,13H2,1-3H3;1H. The molecule has 1 aliphatic heterocycles. The lowest BCUT2D eigenvalue weighted by molar-refractivity contribution is -0.132. The minimum Gasteiger partial charge on any atom is -0.341 e. The van der Waals surface area contributed by atoms with Crippen molar-refractivity contribution >= 4 is 18.3 Å². The fourth-order valence-electron chi connectivity index (χ4n) is 2.07. The van der Waals surface area contributed by atoms with Crippen molar-refractivity contribution in [1.82, 2.24) is 4.90 Å². The minimum atomic E-state index is -0.300. The molecule has 0 radical (unpaired) electrons. The number of nitrogens with two attached hydrogens (primary N) is 1. The third-order valence-corrected chi connectivity index (χ3v) is 3.72. The highest BCUT2D eigenvalue weighted by Gasteiger charge is 2.30. The molecular weight excluding hydrogens is 224 g/mol. The van der Waals surface area contributed by atoms with Crippen LogP contribution in [0.5, 0.6) is 0 Å². The van der Waals surface area contributed by atoms with Gasteiger partial charge in [-0.3, -0.25) is 4.79 Å². The van der Waals surface area contributed by atoms with Crippen molar-refractivity contribution in [2.75, 3.05) is 13.1 Å². The number of carbonyl (C=O) groups is 1. The van der Waals surface area contributed by atoms with Crippen LogP contribution in [0.2, 0.25) is 0 Å². The maximum Gasteiger partial charge on any atom is 0.239 e. The van der Waals surface area contributed by atoms with Crippen molar-refractivity contribution in [1.29, 1.82) is 0 Å². The van der Waals surface area contributed by atoms with Crippen LogP contribution in [0.25, 0.3) is 0 Å². The Morgan fingerprint density at radius 1 is 1.50 bits per heavy atom. The van der Waals surface area contributed by atoms with E-state index in [0.29, 0.717) is 5.92 Å². The van der Waals surface area contributed by atoms with Crippen LogP contribution in [0, 0.1) is 11.8 Å². The van der Waals surface area contributed by atoms with Gasteiger partial charge in [-0.2, -0.15) is 0 Å². The van der Waals surface area contributed by atoms with Gasteiger partial charge >= 0.3 is 0 Å². The molecule has 1 fully saturated rings. The van der Waals surface area contributed by atoms with Crippen molar-refractivity contribution in [3.05, 3.63) is 0 Å². The van der Waals surface area contributed by atoms with E-state index in [1.165, 1.54) is 6.42 Å². The molecule has 1 saturated heterocycles. The number of rotatable bonds is 4. The lowest BCUT2D eigenvalue weighted by Crippen LogP contribution is -2.46. The summed E-state index contributed by atoms with van der Waals surface area (Å²) < 4.78 is 0. The van der Waals surface area contributed by atoms with Crippen molar-refractivity contribution in [3.8, 4) is 0 Å². The first-order valence-corrected chi connectivity index (χ1v) is 6.14. The fourth-order valence-corrected chi connectivity index (χ4v) is 2.07. The first kappa shape index (κ1) is 15.7. The van der Waals surface area contributed by atoms with Crippen molar-refractivity contribution in [3.63, 3.8) is 0 Å². The normalized spacial score (nSPS) is 23.8. The second kappa shape index (κ2) is 7.13. The molecule has 0 aromatic carbocycles. The topological polar surface area (TPSA) is 46.3 Å². The Balaban J connectivity index is 0.00000225. The summed E-state index contributed by atoms with van der Waals surface area (Å²) in [5.74, 6) is 1.14. The molecule has 96 valence electrons. The lowest BCUT2D eigenvalue weighted by atomic mass is 9.99. The monoisotopic (exact) mass is 248 g/mol. The van der Waals surface area contributed by atoms with Gasteiger partial charge < -0.3 is 10.6 Å². The van der Waals surface area contributed by atoms with Crippen molar-refractivity contribution in [2.45, 2.75) is 46.1 Å². The molecule has 4 heteroatoms. The fraction of sp³-hybridized carbons (Fsp3) is 0.917. The zero-order chi connectivity index (χ0) is 11.4. The highest BCUT2D eigenvalue weighted by Crippen LogP contribution is 2.20. The number of halogens is 1. The van der Waals surface area contributed by atoms with E-state index < -0.39 is 0 Å². The number of amides is 1. The summed E-state index contributed by atoms with van der Waals surface area (Å²) in [6.45, 7) is 8.14. The Labute approximate surface area is 105 Å². The summed E-state index contributed by atoms with van der Waals surface area (Å²) in [6, 6.07) is -0.300. The van der Waals surface area contributed by atoms with Gasteiger partial charge in [0.1, 0.15) is 0 Å². The van der Waals surface area contributed by atoms with Crippen LogP contribution >= 0.6 is 12.4 Å². The molecular formula is C12H25ClN2O. The third-order valence-electron chi connectivity index (χ3n) is 3.72. The Kier molecular flexibility index (Phi) is 7.00. The molecule has 1 amide bonds. The van der Waals surface area contributed by atoms with Gasteiger partial charge in [-0.25, -0.2) is 0 Å². The van der Waals surface area contributed by atoms with Crippen molar-refractivity contribution in [2.24, 2.45) is 17.6 Å². The molecule has 3 atom stereocenters. The molecule has 0 aromatic heterocycles. The predicted octanol–water partition coefficient (Wildman–Crippen LogP) is 2.04. The maximum absolute atomic E-state index is 12.0. The van der Waals surface area contributed by atoms with Crippen LogP contribution in [0.15, 0.2) is 0 Å². The molecule has 0 spiro atoms. The van der Waals surface area contributed by atoms with E-state index in [1.54, 1.807) is 0 Å². The molecule has 1 heterocycles. The second-order valence-corrected chi connectivity index (χ2v) is 4.76. The van der Waals surface area contributed by atoms with Crippen LogP contribution < -0.4 is 5.73 Å². The van der Waals surface area contributed by atoms with Gasteiger partial charge in [-0.05, 0) is 18.3 Å². The molecule has 1 aliphatic rings. The van der Waals surface area contributed by atoms with Crippen LogP contribution in [-0.2, 0) is 4.79 Å². The quantitative estimate of drug-likeness (QED) is 0.828. The summed E-state index contributed by atoms with van der Waals surface area (Å²) in [5.41, 5.74) is 5.95. The highest BCUT2D eigenvalue weighted by molar-refractivity contribution is 5.85. The second-order valence-electron chi connectivity index (χ2n) is 4.76. The SMILES string of the molecule is CCC1CCN(C(=O)C(N)C(C)CC)C1.Cl.